The monoisotopic (exact) mass is 411 g/mol. The Balaban J connectivity index is 1.19. The Morgan fingerprint density at radius 1 is 1.00 bits per heavy atom. The highest BCUT2D eigenvalue weighted by molar-refractivity contribution is 5.83. The van der Waals surface area contributed by atoms with Crippen molar-refractivity contribution in [3.8, 4) is 0 Å². The van der Waals surface area contributed by atoms with Gasteiger partial charge in [0.15, 0.2) is 0 Å². The van der Waals surface area contributed by atoms with Gasteiger partial charge in [0.1, 0.15) is 11.5 Å². The zero-order valence-corrected chi connectivity index (χ0v) is 18.8. The fourth-order valence-electron chi connectivity index (χ4n) is 9.10. The van der Waals surface area contributed by atoms with Crippen LogP contribution in [0.3, 0.4) is 0 Å². The Morgan fingerprint density at radius 2 is 1.70 bits per heavy atom. The summed E-state index contributed by atoms with van der Waals surface area (Å²) >= 11 is 0. The van der Waals surface area contributed by atoms with Gasteiger partial charge in [0.2, 0.25) is 5.89 Å². The van der Waals surface area contributed by atoms with Crippen molar-refractivity contribution in [1.29, 1.82) is 0 Å². The Morgan fingerprint density at radius 3 is 2.40 bits per heavy atom. The predicted molar refractivity (Wildman–Crippen MR) is 114 cm³/mol. The number of hydrogen-bond donors (Lipinski definition) is 1. The molecule has 0 aromatic carbocycles. The number of nitrogens with zero attached hydrogens (tertiary/aromatic N) is 1. The number of oxazole rings is 1. The summed E-state index contributed by atoms with van der Waals surface area (Å²) in [6.07, 6.45) is 11.1. The van der Waals surface area contributed by atoms with Gasteiger partial charge in [-0.15, -0.1) is 0 Å². The molecule has 30 heavy (non-hydrogen) atoms. The fraction of sp³-hybridized carbons (Fsp3) is 0.846. The lowest BCUT2D eigenvalue weighted by atomic mass is 9.49. The first-order chi connectivity index (χ1) is 14.3. The standard InChI is InChI=1S/C26H37NO3/c1-14-15(2)30-24(27-14)12-23(28)21-7-6-20-18-4-5-19-17(9-11-26(29)13-22(19)26)16(18)8-10-25(20,21)3/h16-22,29H,4-13H2,1-3H3/t16-,17-,18-,19+,20+,21-,22?,25+,26+/m1/s1. The van der Waals surface area contributed by atoms with Crippen LogP contribution in [0.5, 0.6) is 0 Å². The third kappa shape index (κ3) is 2.68. The molecule has 1 heterocycles. The first-order valence-corrected chi connectivity index (χ1v) is 12.5. The van der Waals surface area contributed by atoms with Gasteiger partial charge in [-0.25, -0.2) is 4.98 Å². The summed E-state index contributed by atoms with van der Waals surface area (Å²) in [5.74, 6) is 6.56. The first kappa shape index (κ1) is 19.5. The molecule has 0 bridgehead atoms. The molecule has 0 aliphatic heterocycles. The van der Waals surface area contributed by atoms with Crippen molar-refractivity contribution in [2.24, 2.45) is 46.8 Å². The van der Waals surface area contributed by atoms with E-state index in [1.54, 1.807) is 0 Å². The SMILES string of the molecule is Cc1nc(CC(=O)[C@H]2CC[C@H]3[C@@H]4CC[C@@H]5C6C[C@@]6(O)CC[C@@H]5[C@H]4CC[C@]23C)oc1C. The minimum atomic E-state index is -0.279. The largest absolute Gasteiger partial charge is 0.445 e. The van der Waals surface area contributed by atoms with Crippen molar-refractivity contribution in [1.82, 2.24) is 4.98 Å². The van der Waals surface area contributed by atoms with Crippen molar-refractivity contribution in [3.05, 3.63) is 17.3 Å². The number of fused-ring (bicyclic) bond motifs is 7. The Bertz CT molecular complexity index is 856. The average molecular weight is 412 g/mol. The van der Waals surface area contributed by atoms with E-state index in [0.717, 1.165) is 54.4 Å². The number of aliphatic hydroxyl groups is 1. The van der Waals surface area contributed by atoms with E-state index in [1.807, 2.05) is 13.8 Å². The van der Waals surface area contributed by atoms with Crippen LogP contribution >= 0.6 is 0 Å². The first-order valence-electron chi connectivity index (χ1n) is 12.5. The summed E-state index contributed by atoms with van der Waals surface area (Å²) < 4.78 is 5.73. The number of carbonyl (C=O) groups excluding carboxylic acids is 1. The van der Waals surface area contributed by atoms with Gasteiger partial charge in [-0.2, -0.15) is 0 Å². The van der Waals surface area contributed by atoms with E-state index in [2.05, 4.69) is 11.9 Å². The van der Waals surface area contributed by atoms with Gasteiger partial charge in [0.05, 0.1) is 17.7 Å². The van der Waals surface area contributed by atoms with Crippen LogP contribution < -0.4 is 0 Å². The third-order valence-corrected chi connectivity index (χ3v) is 10.7. The minimum absolute atomic E-state index is 0.163. The molecule has 5 aliphatic carbocycles. The lowest BCUT2D eigenvalue weighted by Gasteiger charge is -2.56. The van der Waals surface area contributed by atoms with Crippen LogP contribution in [0.1, 0.15) is 82.1 Å². The molecule has 0 saturated heterocycles. The second-order valence-corrected chi connectivity index (χ2v) is 11.9. The molecule has 1 aromatic rings. The van der Waals surface area contributed by atoms with Gasteiger partial charge in [0, 0.05) is 5.92 Å². The average Bonchev–Trinajstić information content (AvgIpc) is 3.13. The fourth-order valence-corrected chi connectivity index (χ4v) is 9.10. The van der Waals surface area contributed by atoms with Crippen LogP contribution in [0.15, 0.2) is 4.42 Å². The molecule has 0 spiro atoms. The highest BCUT2D eigenvalue weighted by atomic mass is 16.4. The normalized spacial score (nSPS) is 49.0. The summed E-state index contributed by atoms with van der Waals surface area (Å²) in [7, 11) is 0. The molecule has 1 N–H and O–H groups in total. The molecule has 1 aromatic heterocycles. The predicted octanol–water partition coefficient (Wildman–Crippen LogP) is 5.03. The Kier molecular flexibility index (Phi) is 4.18. The topological polar surface area (TPSA) is 63.3 Å². The van der Waals surface area contributed by atoms with Gasteiger partial charge >= 0.3 is 0 Å². The van der Waals surface area contributed by atoms with E-state index >= 15 is 0 Å². The Labute approximate surface area is 180 Å². The van der Waals surface area contributed by atoms with Crippen molar-refractivity contribution < 1.29 is 14.3 Å². The maximum Gasteiger partial charge on any atom is 0.202 e. The molecule has 5 aliphatic rings. The summed E-state index contributed by atoms with van der Waals surface area (Å²) in [4.78, 5) is 17.8. The molecule has 0 radical (unpaired) electrons. The zero-order chi connectivity index (χ0) is 20.8. The molecule has 0 amide bonds. The summed E-state index contributed by atoms with van der Waals surface area (Å²) in [5, 5.41) is 10.7. The highest BCUT2D eigenvalue weighted by Gasteiger charge is 2.65. The van der Waals surface area contributed by atoms with Crippen molar-refractivity contribution >= 4 is 5.78 Å². The van der Waals surface area contributed by atoms with E-state index in [0.29, 0.717) is 29.9 Å². The highest BCUT2D eigenvalue weighted by Crippen LogP contribution is 2.68. The number of carbonyl (C=O) groups is 1. The molecule has 164 valence electrons. The van der Waals surface area contributed by atoms with Gasteiger partial charge in [-0.1, -0.05) is 6.92 Å². The maximum atomic E-state index is 13.3. The third-order valence-electron chi connectivity index (χ3n) is 10.7. The summed E-state index contributed by atoms with van der Waals surface area (Å²) in [5.41, 5.74) is 0.788. The Hall–Kier alpha value is -1.16. The van der Waals surface area contributed by atoms with E-state index in [4.69, 9.17) is 4.42 Å². The number of Topliss-reactive ketones (excluding diaryl/α,β-unsaturated/α-hetero) is 1. The summed E-state index contributed by atoms with van der Waals surface area (Å²) in [6, 6.07) is 0. The maximum absolute atomic E-state index is 13.3. The van der Waals surface area contributed by atoms with E-state index in [-0.39, 0.29) is 16.9 Å². The number of aryl methyl sites for hydroxylation is 2. The summed E-state index contributed by atoms with van der Waals surface area (Å²) in [6.45, 7) is 6.31. The molecule has 6 rings (SSSR count). The van der Waals surface area contributed by atoms with Gasteiger partial charge < -0.3 is 9.52 Å². The van der Waals surface area contributed by atoms with Crippen molar-refractivity contribution in [2.45, 2.75) is 90.6 Å². The molecular weight excluding hydrogens is 374 g/mol. The van der Waals surface area contributed by atoms with Gasteiger partial charge in [-0.3, -0.25) is 4.79 Å². The quantitative estimate of drug-likeness (QED) is 0.757. The van der Waals surface area contributed by atoms with Gasteiger partial charge in [-0.05, 0) is 113 Å². The number of rotatable bonds is 3. The van der Waals surface area contributed by atoms with Gasteiger partial charge in [0.25, 0.3) is 0 Å². The molecule has 4 nitrogen and oxygen atoms in total. The van der Waals surface area contributed by atoms with E-state index < -0.39 is 0 Å². The molecular formula is C26H37NO3. The van der Waals surface area contributed by atoms with Crippen molar-refractivity contribution in [2.75, 3.05) is 0 Å². The smallest absolute Gasteiger partial charge is 0.202 e. The van der Waals surface area contributed by atoms with E-state index in [9.17, 15) is 9.90 Å². The minimum Gasteiger partial charge on any atom is -0.445 e. The molecule has 1 unspecified atom stereocenters. The van der Waals surface area contributed by atoms with E-state index in [1.165, 1.54) is 38.5 Å². The van der Waals surface area contributed by atoms with Crippen LogP contribution in [-0.4, -0.2) is 21.5 Å². The van der Waals surface area contributed by atoms with Crippen LogP contribution in [0, 0.1) is 60.7 Å². The van der Waals surface area contributed by atoms with Crippen LogP contribution in [-0.2, 0) is 11.2 Å². The number of hydrogen-bond acceptors (Lipinski definition) is 4. The second-order valence-electron chi connectivity index (χ2n) is 11.9. The van der Waals surface area contributed by atoms with Crippen LogP contribution in [0.4, 0.5) is 0 Å². The molecule has 4 heteroatoms. The lowest BCUT2D eigenvalue weighted by molar-refractivity contribution is -0.130. The molecule has 5 fully saturated rings. The molecule has 5 saturated carbocycles. The van der Waals surface area contributed by atoms with Crippen LogP contribution in [0.25, 0.3) is 0 Å². The second kappa shape index (κ2) is 6.43. The lowest BCUT2D eigenvalue weighted by Crippen LogP contribution is -2.50. The number of aromatic nitrogens is 1. The zero-order valence-electron chi connectivity index (χ0n) is 18.8. The molecule has 9 atom stereocenters. The number of ketones is 1. The van der Waals surface area contributed by atoms with Crippen LogP contribution in [0.2, 0.25) is 0 Å². The van der Waals surface area contributed by atoms with Crippen molar-refractivity contribution in [3.63, 3.8) is 0 Å².